The van der Waals surface area contributed by atoms with Crippen LogP contribution in [0.2, 0.25) is 0 Å². The number of carbonyl (C=O) groups excluding carboxylic acids is 2. The van der Waals surface area contributed by atoms with Crippen LogP contribution in [-0.2, 0) is 14.3 Å². The van der Waals surface area contributed by atoms with Crippen LogP contribution < -0.4 is 16.0 Å². The van der Waals surface area contributed by atoms with Gasteiger partial charge in [-0.2, -0.15) is 0 Å². The first-order valence-electron chi connectivity index (χ1n) is 9.65. The Morgan fingerprint density at radius 1 is 1.26 bits per heavy atom. The van der Waals surface area contributed by atoms with Crippen LogP contribution in [0.5, 0.6) is 0 Å². The third-order valence-electron chi connectivity index (χ3n) is 5.04. The lowest BCUT2D eigenvalue weighted by molar-refractivity contribution is -0.141. The maximum Gasteiger partial charge on any atom is 0.227 e. The van der Waals surface area contributed by atoms with Crippen molar-refractivity contribution in [3.8, 4) is 0 Å². The van der Waals surface area contributed by atoms with E-state index in [1.54, 1.807) is 6.20 Å². The Balaban J connectivity index is 1.40. The second-order valence-electron chi connectivity index (χ2n) is 7.16. The van der Waals surface area contributed by atoms with E-state index in [2.05, 4.69) is 20.9 Å². The molecule has 2 fully saturated rings. The predicted octanol–water partition coefficient (Wildman–Crippen LogP) is 0.00262. The van der Waals surface area contributed by atoms with Gasteiger partial charge in [0.15, 0.2) is 0 Å². The van der Waals surface area contributed by atoms with Gasteiger partial charge in [-0.05, 0) is 31.0 Å². The molecule has 2 saturated heterocycles. The molecule has 0 aromatic carbocycles. The van der Waals surface area contributed by atoms with Gasteiger partial charge in [0.2, 0.25) is 11.8 Å². The molecule has 3 N–H and O–H groups in total. The number of nitrogens with zero attached hydrogens (tertiary/aromatic N) is 2. The van der Waals surface area contributed by atoms with Crippen molar-refractivity contribution in [1.29, 1.82) is 0 Å². The quantitative estimate of drug-likeness (QED) is 0.606. The molecule has 0 bridgehead atoms. The van der Waals surface area contributed by atoms with E-state index in [0.717, 1.165) is 11.4 Å². The number of carbonyl (C=O) groups is 2. The van der Waals surface area contributed by atoms with Crippen molar-refractivity contribution in [2.75, 3.05) is 57.8 Å². The lowest BCUT2D eigenvalue weighted by Gasteiger charge is -2.34. The van der Waals surface area contributed by atoms with Crippen LogP contribution >= 0.6 is 0 Å². The van der Waals surface area contributed by atoms with Crippen molar-refractivity contribution in [3.05, 3.63) is 23.9 Å². The van der Waals surface area contributed by atoms with Gasteiger partial charge in [-0.1, -0.05) is 0 Å². The number of piperidine rings is 1. The van der Waals surface area contributed by atoms with E-state index >= 15 is 0 Å². The van der Waals surface area contributed by atoms with E-state index in [9.17, 15) is 9.59 Å². The highest BCUT2D eigenvalue weighted by molar-refractivity contribution is 5.83. The minimum absolute atomic E-state index is 0.000906. The zero-order chi connectivity index (χ0) is 19.1. The molecule has 148 valence electrons. The number of aryl methyl sites for hydroxylation is 1. The Labute approximate surface area is 160 Å². The third-order valence-corrected chi connectivity index (χ3v) is 5.04. The Kier molecular flexibility index (Phi) is 7.00. The molecule has 0 saturated carbocycles. The number of anilines is 1. The lowest BCUT2D eigenvalue weighted by Crippen LogP contribution is -2.51. The first kappa shape index (κ1) is 19.6. The summed E-state index contributed by atoms with van der Waals surface area (Å²) < 4.78 is 5.31. The highest BCUT2D eigenvalue weighted by atomic mass is 16.5. The minimum atomic E-state index is -0.175. The molecule has 3 heterocycles. The van der Waals surface area contributed by atoms with E-state index in [-0.39, 0.29) is 23.7 Å². The summed E-state index contributed by atoms with van der Waals surface area (Å²) in [6.45, 7) is 6.88. The highest BCUT2D eigenvalue weighted by Gasteiger charge is 2.33. The summed E-state index contributed by atoms with van der Waals surface area (Å²) in [5.41, 5.74) is 1.14. The monoisotopic (exact) mass is 375 g/mol. The maximum absolute atomic E-state index is 12.6. The van der Waals surface area contributed by atoms with Crippen molar-refractivity contribution in [2.45, 2.75) is 13.3 Å². The van der Waals surface area contributed by atoms with Crippen LogP contribution in [0.25, 0.3) is 0 Å². The normalized spacial score (nSPS) is 22.9. The van der Waals surface area contributed by atoms with Crippen LogP contribution in [0.1, 0.15) is 12.0 Å². The zero-order valence-corrected chi connectivity index (χ0v) is 15.9. The summed E-state index contributed by atoms with van der Waals surface area (Å²) in [5, 5.41) is 9.40. The number of hydrogen-bond acceptors (Lipinski definition) is 6. The average molecular weight is 375 g/mol. The van der Waals surface area contributed by atoms with Gasteiger partial charge in [0, 0.05) is 45.5 Å². The van der Waals surface area contributed by atoms with Crippen molar-refractivity contribution in [1.82, 2.24) is 20.5 Å². The number of hydrogen-bond donors (Lipinski definition) is 3. The summed E-state index contributed by atoms with van der Waals surface area (Å²) in [6.07, 6.45) is 2.36. The molecule has 0 aliphatic carbocycles. The van der Waals surface area contributed by atoms with Crippen LogP contribution in [0, 0.1) is 18.8 Å². The van der Waals surface area contributed by atoms with E-state index in [1.807, 2.05) is 24.0 Å². The highest BCUT2D eigenvalue weighted by Crippen LogP contribution is 2.19. The number of amides is 2. The van der Waals surface area contributed by atoms with Crippen LogP contribution in [0.15, 0.2) is 18.3 Å². The van der Waals surface area contributed by atoms with Gasteiger partial charge in [-0.3, -0.25) is 9.59 Å². The molecule has 1 aromatic rings. The van der Waals surface area contributed by atoms with Gasteiger partial charge in [0.05, 0.1) is 25.0 Å². The van der Waals surface area contributed by atoms with Crippen molar-refractivity contribution >= 4 is 17.6 Å². The van der Waals surface area contributed by atoms with Gasteiger partial charge >= 0.3 is 0 Å². The van der Waals surface area contributed by atoms with E-state index in [1.165, 1.54) is 0 Å². The lowest BCUT2D eigenvalue weighted by atomic mass is 9.88. The number of aromatic nitrogens is 1. The van der Waals surface area contributed by atoms with E-state index in [4.69, 9.17) is 4.74 Å². The molecule has 2 amide bonds. The molecule has 8 nitrogen and oxygen atoms in total. The molecule has 2 aliphatic heterocycles. The fourth-order valence-corrected chi connectivity index (χ4v) is 3.53. The number of ether oxygens (including phenoxy) is 1. The van der Waals surface area contributed by atoms with Crippen LogP contribution in [0.3, 0.4) is 0 Å². The molecule has 1 aromatic heterocycles. The molecule has 2 aliphatic rings. The smallest absolute Gasteiger partial charge is 0.227 e. The Bertz CT molecular complexity index is 648. The third kappa shape index (κ3) is 5.64. The molecule has 0 unspecified atom stereocenters. The standard InChI is InChI=1S/C19H29N5O3/c1-14-2-3-21-17(10-14)22-4-5-23-18(25)15-11-16(13-20-12-15)19(26)24-6-8-27-9-7-24/h2-3,10,15-16,20H,4-9,11-13H2,1H3,(H,21,22)(H,23,25)/t15-,16+/m0/s1. The van der Waals surface area contributed by atoms with Crippen LogP contribution in [0.4, 0.5) is 5.82 Å². The topological polar surface area (TPSA) is 95.6 Å². The van der Waals surface area contributed by atoms with Crippen molar-refractivity contribution in [2.24, 2.45) is 11.8 Å². The molecule has 0 spiro atoms. The van der Waals surface area contributed by atoms with Gasteiger partial charge < -0.3 is 25.6 Å². The largest absolute Gasteiger partial charge is 0.378 e. The van der Waals surface area contributed by atoms with E-state index in [0.29, 0.717) is 58.9 Å². The fourth-order valence-electron chi connectivity index (χ4n) is 3.53. The van der Waals surface area contributed by atoms with E-state index < -0.39 is 0 Å². The van der Waals surface area contributed by atoms with Gasteiger partial charge in [0.1, 0.15) is 5.82 Å². The maximum atomic E-state index is 12.6. The Morgan fingerprint density at radius 2 is 2.04 bits per heavy atom. The zero-order valence-electron chi connectivity index (χ0n) is 15.9. The predicted molar refractivity (Wildman–Crippen MR) is 102 cm³/mol. The molecule has 2 atom stereocenters. The molecule has 8 heteroatoms. The molecule has 27 heavy (non-hydrogen) atoms. The second kappa shape index (κ2) is 9.66. The van der Waals surface area contributed by atoms with Crippen LogP contribution in [-0.4, -0.2) is 74.2 Å². The number of morpholine rings is 1. The summed E-state index contributed by atoms with van der Waals surface area (Å²) in [5.74, 6) is 0.629. The van der Waals surface area contributed by atoms with Crippen molar-refractivity contribution < 1.29 is 14.3 Å². The molecular weight excluding hydrogens is 346 g/mol. The minimum Gasteiger partial charge on any atom is -0.378 e. The molecule has 3 rings (SSSR count). The Morgan fingerprint density at radius 3 is 2.81 bits per heavy atom. The summed E-state index contributed by atoms with van der Waals surface area (Å²) >= 11 is 0. The summed E-state index contributed by atoms with van der Waals surface area (Å²) in [4.78, 5) is 31.2. The van der Waals surface area contributed by atoms with Gasteiger partial charge in [-0.15, -0.1) is 0 Å². The average Bonchev–Trinajstić information content (AvgIpc) is 2.71. The number of nitrogens with one attached hydrogen (secondary N) is 3. The number of rotatable bonds is 6. The molecule has 0 radical (unpaired) electrons. The Hall–Kier alpha value is -2.19. The van der Waals surface area contributed by atoms with Gasteiger partial charge in [-0.25, -0.2) is 4.98 Å². The SMILES string of the molecule is Cc1ccnc(NCCNC(=O)[C@@H]2CNC[C@H](C(=O)N3CCOCC3)C2)c1. The summed E-state index contributed by atoms with van der Waals surface area (Å²) in [7, 11) is 0. The first-order valence-corrected chi connectivity index (χ1v) is 9.65. The first-order chi connectivity index (χ1) is 13.1. The molecular formula is C19H29N5O3. The second-order valence-corrected chi connectivity index (χ2v) is 7.16. The fraction of sp³-hybridized carbons (Fsp3) is 0.632. The summed E-state index contributed by atoms with van der Waals surface area (Å²) in [6, 6.07) is 3.91. The number of pyridine rings is 1. The van der Waals surface area contributed by atoms with Gasteiger partial charge in [0.25, 0.3) is 0 Å². The van der Waals surface area contributed by atoms with Crippen molar-refractivity contribution in [3.63, 3.8) is 0 Å².